The van der Waals surface area contributed by atoms with Crippen LogP contribution in [0.2, 0.25) is 0 Å². The molecule has 1 atom stereocenters. The van der Waals surface area contributed by atoms with E-state index in [2.05, 4.69) is 76.3 Å². The van der Waals surface area contributed by atoms with Crippen molar-refractivity contribution in [3.8, 4) is 16.9 Å². The van der Waals surface area contributed by atoms with E-state index >= 15 is 0 Å². The number of benzene rings is 2. The molecule has 4 heterocycles. The van der Waals surface area contributed by atoms with Crippen molar-refractivity contribution in [3.05, 3.63) is 58.3 Å². The molecule has 9 nitrogen and oxygen atoms in total. The van der Waals surface area contributed by atoms with E-state index in [9.17, 15) is 4.79 Å². The molecule has 3 aliphatic rings. The molecule has 0 bridgehead atoms. The second-order valence-electron chi connectivity index (χ2n) is 12.2. The van der Waals surface area contributed by atoms with Crippen LogP contribution in [0.1, 0.15) is 49.7 Å². The highest BCUT2D eigenvalue weighted by Gasteiger charge is 2.34. The standard InChI is InChI=1S/C33H41N7O2/c1-5-12-38-14-16-39(17-15-38)32-25-18-24(22-9-10-22)29(28-21(2)8-11-27-26(28)19-34-36-27)31(42-4)30(25)40(33(41)35-32)20-23-7-6-13-37(23)3/h5,8,11-12,18-19,22-23H,6-7,9-10,13-17,20H2,1-4H3,(H,34,36)/t23-/m0/s1. The molecule has 1 aliphatic carbocycles. The summed E-state index contributed by atoms with van der Waals surface area (Å²) in [6.45, 7) is 9.29. The predicted octanol–water partition coefficient (Wildman–Crippen LogP) is 4.88. The number of piperazine rings is 1. The molecule has 7 rings (SSSR count). The summed E-state index contributed by atoms with van der Waals surface area (Å²) in [6.07, 6.45) is 10.7. The number of hydrogen-bond donors (Lipinski definition) is 1. The Balaban J connectivity index is 1.51. The van der Waals surface area contributed by atoms with Crippen LogP contribution in [0.5, 0.6) is 5.75 Å². The molecule has 0 unspecified atom stereocenters. The number of aromatic nitrogens is 4. The summed E-state index contributed by atoms with van der Waals surface area (Å²) in [4.78, 5) is 25.9. The maximum atomic E-state index is 14.1. The Morgan fingerprint density at radius 1 is 1.07 bits per heavy atom. The number of rotatable bonds is 7. The number of methoxy groups -OCH3 is 1. The highest BCUT2D eigenvalue weighted by Crippen LogP contribution is 2.52. The molecule has 0 spiro atoms. The van der Waals surface area contributed by atoms with E-state index in [1.165, 1.54) is 11.1 Å². The Labute approximate surface area is 246 Å². The van der Waals surface area contributed by atoms with E-state index in [-0.39, 0.29) is 5.69 Å². The highest BCUT2D eigenvalue weighted by molar-refractivity contribution is 6.06. The number of nitrogens with one attached hydrogen (secondary N) is 1. The molecule has 2 saturated heterocycles. The number of likely N-dealkylation sites (tertiary alicyclic amines) is 1. The van der Waals surface area contributed by atoms with Gasteiger partial charge in [-0.3, -0.25) is 9.67 Å². The van der Waals surface area contributed by atoms with E-state index in [0.29, 0.717) is 18.5 Å². The van der Waals surface area contributed by atoms with Crippen LogP contribution in [0.3, 0.4) is 0 Å². The van der Waals surface area contributed by atoms with Gasteiger partial charge in [0, 0.05) is 55.1 Å². The van der Waals surface area contributed by atoms with Crippen LogP contribution in [0.25, 0.3) is 32.9 Å². The van der Waals surface area contributed by atoms with Crippen molar-refractivity contribution in [2.45, 2.75) is 58.0 Å². The van der Waals surface area contributed by atoms with Crippen molar-refractivity contribution in [3.63, 3.8) is 0 Å². The summed E-state index contributed by atoms with van der Waals surface area (Å²) in [5.41, 5.74) is 6.35. The monoisotopic (exact) mass is 567 g/mol. The number of anilines is 1. The Hall–Kier alpha value is -3.85. The summed E-state index contributed by atoms with van der Waals surface area (Å²) in [5.74, 6) is 2.02. The number of hydrogen-bond acceptors (Lipinski definition) is 7. The number of aryl methyl sites for hydroxylation is 1. The minimum absolute atomic E-state index is 0.199. The van der Waals surface area contributed by atoms with Crippen LogP contribution in [-0.2, 0) is 6.54 Å². The van der Waals surface area contributed by atoms with Gasteiger partial charge in [0.2, 0.25) is 0 Å². The van der Waals surface area contributed by atoms with Crippen LogP contribution >= 0.6 is 0 Å². The SMILES string of the molecule is CC=CN1CCN(c2nc(=O)n(C[C@@H]3CCCN3C)c3c(OC)c(-c4c(C)ccc5[nH]ncc45)c(C4CC4)cc23)CC1. The third-order valence-electron chi connectivity index (χ3n) is 9.57. The zero-order valence-electron chi connectivity index (χ0n) is 25.2. The molecule has 4 aromatic rings. The van der Waals surface area contributed by atoms with Crippen LogP contribution in [-0.4, -0.2) is 82.5 Å². The van der Waals surface area contributed by atoms with Gasteiger partial charge in [0.15, 0.2) is 5.75 Å². The number of aromatic amines is 1. The van der Waals surface area contributed by atoms with Gasteiger partial charge in [-0.15, -0.1) is 0 Å². The first-order valence-corrected chi connectivity index (χ1v) is 15.4. The van der Waals surface area contributed by atoms with E-state index in [0.717, 1.165) is 103 Å². The lowest BCUT2D eigenvalue weighted by molar-refractivity contribution is 0.281. The Kier molecular flexibility index (Phi) is 6.92. The van der Waals surface area contributed by atoms with Gasteiger partial charge in [-0.25, -0.2) is 4.79 Å². The van der Waals surface area contributed by atoms with Crippen LogP contribution in [0, 0.1) is 6.92 Å². The maximum absolute atomic E-state index is 14.1. The molecule has 9 heteroatoms. The molecule has 1 N–H and O–H groups in total. The average molecular weight is 568 g/mol. The molecule has 2 aliphatic heterocycles. The van der Waals surface area contributed by atoms with Crippen molar-refractivity contribution in [2.24, 2.45) is 0 Å². The lowest BCUT2D eigenvalue weighted by atomic mass is 9.89. The van der Waals surface area contributed by atoms with Crippen molar-refractivity contribution in [2.75, 3.05) is 51.8 Å². The topological polar surface area (TPSA) is 82.5 Å². The van der Waals surface area contributed by atoms with Crippen molar-refractivity contribution in [1.29, 1.82) is 0 Å². The lowest BCUT2D eigenvalue weighted by Gasteiger charge is -2.35. The fraction of sp³-hybridized carbons (Fsp3) is 0.485. The van der Waals surface area contributed by atoms with Gasteiger partial charge in [0.05, 0.1) is 24.3 Å². The fourth-order valence-electron chi connectivity index (χ4n) is 7.17. The fourth-order valence-corrected chi connectivity index (χ4v) is 7.17. The molecular formula is C33H41N7O2. The average Bonchev–Trinajstić information content (AvgIpc) is 3.59. The molecule has 42 heavy (non-hydrogen) atoms. The van der Waals surface area contributed by atoms with Crippen LogP contribution in [0.4, 0.5) is 5.82 Å². The molecule has 0 radical (unpaired) electrons. The van der Waals surface area contributed by atoms with E-state index < -0.39 is 0 Å². The maximum Gasteiger partial charge on any atom is 0.350 e. The van der Waals surface area contributed by atoms with Gasteiger partial charge in [-0.2, -0.15) is 10.1 Å². The summed E-state index contributed by atoms with van der Waals surface area (Å²) < 4.78 is 8.33. The summed E-state index contributed by atoms with van der Waals surface area (Å²) in [7, 11) is 3.92. The number of nitrogens with zero attached hydrogens (tertiary/aromatic N) is 6. The van der Waals surface area contributed by atoms with Crippen molar-refractivity contribution in [1.82, 2.24) is 29.5 Å². The lowest BCUT2D eigenvalue weighted by Crippen LogP contribution is -2.45. The van der Waals surface area contributed by atoms with Crippen LogP contribution in [0.15, 0.2) is 41.5 Å². The number of allylic oxidation sites excluding steroid dienone is 1. The predicted molar refractivity (Wildman–Crippen MR) is 169 cm³/mol. The number of fused-ring (bicyclic) bond motifs is 2. The minimum atomic E-state index is -0.199. The van der Waals surface area contributed by atoms with Crippen LogP contribution < -0.4 is 15.3 Å². The smallest absolute Gasteiger partial charge is 0.350 e. The van der Waals surface area contributed by atoms with Crippen molar-refractivity contribution >= 4 is 27.6 Å². The zero-order valence-corrected chi connectivity index (χ0v) is 25.2. The van der Waals surface area contributed by atoms with E-state index in [4.69, 9.17) is 9.72 Å². The highest BCUT2D eigenvalue weighted by atomic mass is 16.5. The molecule has 2 aromatic heterocycles. The van der Waals surface area contributed by atoms with Gasteiger partial charge in [0.25, 0.3) is 0 Å². The zero-order chi connectivity index (χ0) is 29.0. The second-order valence-corrected chi connectivity index (χ2v) is 12.2. The molecule has 0 amide bonds. The molecule has 1 saturated carbocycles. The van der Waals surface area contributed by atoms with Gasteiger partial charge in [0.1, 0.15) is 5.82 Å². The second kappa shape index (κ2) is 10.8. The summed E-state index contributed by atoms with van der Waals surface area (Å²) in [5, 5.41) is 9.64. The molecular weight excluding hydrogens is 526 g/mol. The Morgan fingerprint density at radius 2 is 1.88 bits per heavy atom. The first-order chi connectivity index (χ1) is 20.5. The molecule has 2 aromatic carbocycles. The van der Waals surface area contributed by atoms with E-state index in [1.54, 1.807) is 7.11 Å². The first kappa shape index (κ1) is 27.0. The quantitative estimate of drug-likeness (QED) is 0.341. The molecule has 220 valence electrons. The minimum Gasteiger partial charge on any atom is -0.494 e. The largest absolute Gasteiger partial charge is 0.494 e. The number of H-pyrrole nitrogens is 1. The summed E-state index contributed by atoms with van der Waals surface area (Å²) >= 11 is 0. The molecule has 3 fully saturated rings. The summed E-state index contributed by atoms with van der Waals surface area (Å²) in [6, 6.07) is 6.88. The van der Waals surface area contributed by atoms with E-state index in [1.807, 2.05) is 10.8 Å². The first-order valence-electron chi connectivity index (χ1n) is 15.4. The van der Waals surface area contributed by atoms with Gasteiger partial charge in [-0.05, 0) is 94.1 Å². The third kappa shape index (κ3) is 4.54. The number of ether oxygens (including phenoxy) is 1. The Bertz CT molecular complexity index is 1730. The van der Waals surface area contributed by atoms with Gasteiger partial charge < -0.3 is 19.4 Å². The normalized spacial score (nSPS) is 20.0. The third-order valence-corrected chi connectivity index (χ3v) is 9.57. The Morgan fingerprint density at radius 3 is 2.57 bits per heavy atom. The number of likely N-dealkylation sites (N-methyl/N-ethyl adjacent to an activating group) is 1. The van der Waals surface area contributed by atoms with Gasteiger partial charge >= 0.3 is 5.69 Å². The van der Waals surface area contributed by atoms with Gasteiger partial charge in [-0.1, -0.05) is 12.1 Å². The van der Waals surface area contributed by atoms with Crippen molar-refractivity contribution < 1.29 is 4.74 Å².